The summed E-state index contributed by atoms with van der Waals surface area (Å²) in [6.45, 7) is -0.249. The number of benzene rings is 2. The van der Waals surface area contributed by atoms with Gasteiger partial charge in [0.05, 0.1) is 4.47 Å². The number of esters is 1. The molecule has 0 aromatic heterocycles. The normalized spacial score (nSPS) is 11.8. The summed E-state index contributed by atoms with van der Waals surface area (Å²) in [5.41, 5.74) is 0.842. The Morgan fingerprint density at radius 3 is 2.74 bits per heavy atom. The van der Waals surface area contributed by atoms with Crippen molar-refractivity contribution in [1.29, 1.82) is 0 Å². The van der Waals surface area contributed by atoms with Gasteiger partial charge in [-0.05, 0) is 51.8 Å². The fraction of sp³-hybridized carbons (Fsp3) is 0.222. The highest BCUT2D eigenvalue weighted by atomic mass is 79.9. The van der Waals surface area contributed by atoms with Crippen LogP contribution in [0.5, 0.6) is 17.2 Å². The average molecular weight is 457 g/mol. The van der Waals surface area contributed by atoms with Crippen molar-refractivity contribution in [2.24, 2.45) is 0 Å². The van der Waals surface area contributed by atoms with Gasteiger partial charge in [0.1, 0.15) is 5.75 Å². The molecule has 0 radical (unpaired) electrons. The second-order valence-corrected chi connectivity index (χ2v) is 6.78. The number of hydrogen-bond acceptors (Lipinski definition) is 6. The summed E-state index contributed by atoms with van der Waals surface area (Å²) in [5.74, 6) is 0.678. The summed E-state index contributed by atoms with van der Waals surface area (Å²) in [4.78, 5) is 23.5. The second kappa shape index (κ2) is 8.96. The number of hydrogen-bond donors (Lipinski definition) is 1. The van der Waals surface area contributed by atoms with Crippen molar-refractivity contribution >= 4 is 39.4 Å². The maximum Gasteiger partial charge on any atom is 0.344 e. The summed E-state index contributed by atoms with van der Waals surface area (Å²) in [6, 6.07) is 10.3. The third-order valence-corrected chi connectivity index (χ3v) is 4.39. The first-order valence-corrected chi connectivity index (χ1v) is 9.07. The van der Waals surface area contributed by atoms with Crippen LogP contribution in [0.25, 0.3) is 0 Å². The summed E-state index contributed by atoms with van der Waals surface area (Å²) < 4.78 is 21.3. The molecule has 2 aromatic carbocycles. The molecule has 2 aromatic rings. The molecule has 0 unspecified atom stereocenters. The van der Waals surface area contributed by atoms with Gasteiger partial charge in [-0.25, -0.2) is 4.79 Å². The second-order valence-electron chi connectivity index (χ2n) is 5.49. The molecule has 9 heteroatoms. The van der Waals surface area contributed by atoms with Gasteiger partial charge < -0.3 is 24.3 Å². The van der Waals surface area contributed by atoms with Gasteiger partial charge in [0, 0.05) is 11.6 Å². The van der Waals surface area contributed by atoms with E-state index in [9.17, 15) is 9.59 Å². The molecular weight excluding hydrogens is 442 g/mol. The molecule has 1 N–H and O–H groups in total. The average Bonchev–Trinajstić information content (AvgIpc) is 3.11. The van der Waals surface area contributed by atoms with E-state index < -0.39 is 18.5 Å². The number of rotatable bonds is 7. The summed E-state index contributed by atoms with van der Waals surface area (Å²) in [7, 11) is 0. The third-order valence-electron chi connectivity index (χ3n) is 3.53. The van der Waals surface area contributed by atoms with Gasteiger partial charge in [-0.2, -0.15) is 0 Å². The number of fused-ring (bicyclic) bond motifs is 1. The van der Waals surface area contributed by atoms with Gasteiger partial charge >= 0.3 is 5.97 Å². The monoisotopic (exact) mass is 455 g/mol. The lowest BCUT2D eigenvalue weighted by Gasteiger charge is -2.09. The van der Waals surface area contributed by atoms with Crippen LogP contribution in [0.2, 0.25) is 5.02 Å². The van der Waals surface area contributed by atoms with E-state index in [1.807, 2.05) is 6.07 Å². The highest BCUT2D eigenvalue weighted by Crippen LogP contribution is 2.32. The van der Waals surface area contributed by atoms with Gasteiger partial charge in [-0.1, -0.05) is 17.7 Å². The molecule has 0 bridgehead atoms. The zero-order valence-corrected chi connectivity index (χ0v) is 16.3. The molecule has 3 rings (SSSR count). The number of amides is 1. The SMILES string of the molecule is O=C(COC(=O)COc1ccc(Cl)cc1Br)NCc1ccc2c(c1)OCO2. The van der Waals surface area contributed by atoms with Crippen molar-refractivity contribution in [1.82, 2.24) is 5.32 Å². The molecule has 1 aliphatic rings. The number of ether oxygens (including phenoxy) is 4. The summed E-state index contributed by atoms with van der Waals surface area (Å²) in [5, 5.41) is 3.20. The van der Waals surface area contributed by atoms with Crippen molar-refractivity contribution in [2.75, 3.05) is 20.0 Å². The van der Waals surface area contributed by atoms with Crippen LogP contribution >= 0.6 is 27.5 Å². The Kier molecular flexibility index (Phi) is 6.41. The Bertz CT molecular complexity index is 860. The van der Waals surface area contributed by atoms with Crippen LogP contribution in [-0.4, -0.2) is 31.9 Å². The number of carbonyl (C=O) groups excluding carboxylic acids is 2. The molecule has 27 heavy (non-hydrogen) atoms. The number of halogens is 2. The van der Waals surface area contributed by atoms with E-state index in [2.05, 4.69) is 21.2 Å². The van der Waals surface area contributed by atoms with E-state index in [-0.39, 0.29) is 19.9 Å². The van der Waals surface area contributed by atoms with E-state index in [1.165, 1.54) is 0 Å². The molecule has 1 heterocycles. The van der Waals surface area contributed by atoms with Crippen LogP contribution in [-0.2, 0) is 20.9 Å². The van der Waals surface area contributed by atoms with E-state index in [0.717, 1.165) is 5.56 Å². The van der Waals surface area contributed by atoms with E-state index >= 15 is 0 Å². The Balaban J connectivity index is 1.37. The fourth-order valence-corrected chi connectivity index (χ4v) is 3.02. The first-order chi connectivity index (χ1) is 13.0. The molecular formula is C18H15BrClNO6. The number of nitrogens with one attached hydrogen (secondary N) is 1. The minimum atomic E-state index is -0.657. The highest BCUT2D eigenvalue weighted by molar-refractivity contribution is 9.10. The molecule has 0 aliphatic carbocycles. The minimum absolute atomic E-state index is 0.190. The summed E-state index contributed by atoms with van der Waals surface area (Å²) in [6.07, 6.45) is 0. The molecule has 7 nitrogen and oxygen atoms in total. The van der Waals surface area contributed by atoms with Gasteiger partial charge in [0.15, 0.2) is 24.7 Å². The van der Waals surface area contributed by atoms with Crippen molar-refractivity contribution in [3.63, 3.8) is 0 Å². The zero-order valence-electron chi connectivity index (χ0n) is 14.0. The van der Waals surface area contributed by atoms with Crippen molar-refractivity contribution in [3.8, 4) is 17.2 Å². The Morgan fingerprint density at radius 1 is 1.11 bits per heavy atom. The fourth-order valence-electron chi connectivity index (χ4n) is 2.22. The predicted octanol–water partition coefficient (Wildman–Crippen LogP) is 3.07. The van der Waals surface area contributed by atoms with Gasteiger partial charge in [0.25, 0.3) is 5.91 Å². The van der Waals surface area contributed by atoms with Crippen LogP contribution in [0, 0.1) is 0 Å². The Labute approximate surface area is 168 Å². The first kappa shape index (κ1) is 19.3. The smallest absolute Gasteiger partial charge is 0.344 e. The van der Waals surface area contributed by atoms with E-state index in [0.29, 0.717) is 26.7 Å². The van der Waals surface area contributed by atoms with Crippen molar-refractivity contribution in [2.45, 2.75) is 6.54 Å². The maximum absolute atomic E-state index is 11.8. The highest BCUT2D eigenvalue weighted by Gasteiger charge is 2.14. The van der Waals surface area contributed by atoms with Gasteiger partial charge in [-0.3, -0.25) is 4.79 Å². The van der Waals surface area contributed by atoms with E-state index in [1.54, 1.807) is 30.3 Å². The standard InChI is InChI=1S/C18H15BrClNO6/c19-13-6-12(20)2-4-14(13)24-9-18(23)25-8-17(22)21-7-11-1-3-15-16(5-11)27-10-26-15/h1-6H,7-10H2,(H,21,22). The lowest BCUT2D eigenvalue weighted by molar-refractivity contribution is -0.150. The molecule has 142 valence electrons. The van der Waals surface area contributed by atoms with Crippen molar-refractivity contribution in [3.05, 3.63) is 51.5 Å². The Morgan fingerprint density at radius 2 is 1.93 bits per heavy atom. The molecule has 0 saturated carbocycles. The number of carbonyl (C=O) groups is 2. The molecule has 0 fully saturated rings. The quantitative estimate of drug-likeness (QED) is 0.645. The van der Waals surface area contributed by atoms with Crippen LogP contribution in [0.15, 0.2) is 40.9 Å². The van der Waals surface area contributed by atoms with Gasteiger partial charge in [-0.15, -0.1) is 0 Å². The topological polar surface area (TPSA) is 83.1 Å². The molecule has 0 spiro atoms. The molecule has 1 aliphatic heterocycles. The lowest BCUT2D eigenvalue weighted by Crippen LogP contribution is -2.29. The van der Waals surface area contributed by atoms with Gasteiger partial charge in [0.2, 0.25) is 6.79 Å². The van der Waals surface area contributed by atoms with Crippen LogP contribution in [0.4, 0.5) is 0 Å². The van der Waals surface area contributed by atoms with Crippen LogP contribution < -0.4 is 19.5 Å². The first-order valence-electron chi connectivity index (χ1n) is 7.90. The minimum Gasteiger partial charge on any atom is -0.481 e. The molecule has 0 atom stereocenters. The maximum atomic E-state index is 11.8. The Hall–Kier alpha value is -2.45. The molecule has 1 amide bonds. The summed E-state index contributed by atoms with van der Waals surface area (Å²) >= 11 is 9.11. The molecule has 0 saturated heterocycles. The zero-order chi connectivity index (χ0) is 19.2. The lowest BCUT2D eigenvalue weighted by atomic mass is 10.2. The van der Waals surface area contributed by atoms with Crippen molar-refractivity contribution < 1.29 is 28.5 Å². The largest absolute Gasteiger partial charge is 0.481 e. The van der Waals surface area contributed by atoms with E-state index in [4.69, 9.17) is 30.5 Å². The predicted molar refractivity (Wildman–Crippen MR) is 100 cm³/mol. The van der Waals surface area contributed by atoms with Crippen LogP contribution in [0.1, 0.15) is 5.56 Å². The third kappa shape index (κ3) is 5.51. The van der Waals surface area contributed by atoms with Crippen LogP contribution in [0.3, 0.4) is 0 Å².